The average Bonchev–Trinajstić information content (AvgIpc) is 2.83. The highest BCUT2D eigenvalue weighted by molar-refractivity contribution is 5.94. The minimum absolute atomic E-state index is 0.237. The van der Waals surface area contributed by atoms with Gasteiger partial charge in [0.2, 0.25) is 0 Å². The zero-order valence-corrected chi connectivity index (χ0v) is 9.87. The summed E-state index contributed by atoms with van der Waals surface area (Å²) in [6, 6.07) is 3.30. The van der Waals surface area contributed by atoms with E-state index in [1.54, 1.807) is 16.5 Å². The Morgan fingerprint density at radius 3 is 3.17 bits per heavy atom. The van der Waals surface area contributed by atoms with Crippen molar-refractivity contribution in [2.45, 2.75) is 18.8 Å². The monoisotopic (exact) mass is 246 g/mol. The van der Waals surface area contributed by atoms with Gasteiger partial charge in [-0.2, -0.15) is 0 Å². The fourth-order valence-electron chi connectivity index (χ4n) is 2.37. The summed E-state index contributed by atoms with van der Waals surface area (Å²) in [4.78, 5) is 15.6. The second-order valence-electron chi connectivity index (χ2n) is 4.54. The number of hydrogen-bond donors (Lipinski definition) is 1. The number of pyridine rings is 1. The highest BCUT2D eigenvalue weighted by Gasteiger charge is 2.20. The van der Waals surface area contributed by atoms with Gasteiger partial charge in [-0.1, -0.05) is 0 Å². The van der Waals surface area contributed by atoms with Crippen LogP contribution in [0, 0.1) is 0 Å². The lowest BCUT2D eigenvalue weighted by molar-refractivity contribution is 0.0698. The molecule has 1 N–H and O–H groups in total. The molecule has 2 aromatic rings. The summed E-state index contributed by atoms with van der Waals surface area (Å²) >= 11 is 0. The van der Waals surface area contributed by atoms with Crippen LogP contribution in [0.1, 0.15) is 34.8 Å². The Morgan fingerprint density at radius 2 is 2.44 bits per heavy atom. The van der Waals surface area contributed by atoms with Crippen molar-refractivity contribution in [3.8, 4) is 0 Å². The molecule has 0 aliphatic carbocycles. The molecule has 18 heavy (non-hydrogen) atoms. The summed E-state index contributed by atoms with van der Waals surface area (Å²) in [6.07, 6.45) is 5.81. The van der Waals surface area contributed by atoms with E-state index in [4.69, 9.17) is 9.84 Å². The van der Waals surface area contributed by atoms with E-state index in [0.29, 0.717) is 12.3 Å². The summed E-state index contributed by atoms with van der Waals surface area (Å²) < 4.78 is 7.22. The predicted molar refractivity (Wildman–Crippen MR) is 64.9 cm³/mol. The van der Waals surface area contributed by atoms with Crippen molar-refractivity contribution in [3.63, 3.8) is 0 Å². The van der Waals surface area contributed by atoms with Gasteiger partial charge in [0.05, 0.1) is 12.3 Å². The first-order chi connectivity index (χ1) is 8.75. The first kappa shape index (κ1) is 11.2. The van der Waals surface area contributed by atoms with Crippen LogP contribution in [0.15, 0.2) is 24.5 Å². The SMILES string of the molecule is O=C(O)c1cccn2cc(C3CCCOC3)nc12. The Hall–Kier alpha value is -1.88. The van der Waals surface area contributed by atoms with Crippen LogP contribution in [0.5, 0.6) is 0 Å². The minimum atomic E-state index is -0.947. The van der Waals surface area contributed by atoms with Gasteiger partial charge in [-0.3, -0.25) is 0 Å². The molecule has 0 radical (unpaired) electrons. The highest BCUT2D eigenvalue weighted by Crippen LogP contribution is 2.25. The standard InChI is InChI=1S/C13H14N2O3/c16-13(17)10-4-1-5-15-7-11(14-12(10)15)9-3-2-6-18-8-9/h1,4-5,7,9H,2-3,6,8H2,(H,16,17). The number of aromatic nitrogens is 2. The van der Waals surface area contributed by atoms with Crippen LogP contribution in [0.4, 0.5) is 0 Å². The largest absolute Gasteiger partial charge is 0.478 e. The number of carbonyl (C=O) groups is 1. The fourth-order valence-corrected chi connectivity index (χ4v) is 2.37. The van der Waals surface area contributed by atoms with Gasteiger partial charge in [0.15, 0.2) is 5.65 Å². The zero-order chi connectivity index (χ0) is 12.5. The molecule has 3 heterocycles. The van der Waals surface area contributed by atoms with E-state index in [1.807, 2.05) is 12.4 Å². The van der Waals surface area contributed by atoms with Gasteiger partial charge in [0, 0.05) is 24.9 Å². The molecule has 1 aliphatic rings. The number of nitrogens with zero attached hydrogens (tertiary/aromatic N) is 2. The Labute approximate surface area is 104 Å². The van der Waals surface area contributed by atoms with Crippen LogP contribution in [-0.2, 0) is 4.74 Å². The molecule has 94 valence electrons. The lowest BCUT2D eigenvalue weighted by atomic mass is 9.99. The number of carboxylic acids is 1. The molecule has 0 amide bonds. The lowest BCUT2D eigenvalue weighted by Gasteiger charge is -2.19. The summed E-state index contributed by atoms with van der Waals surface area (Å²) in [5.74, 6) is -0.669. The predicted octanol–water partition coefficient (Wildman–Crippen LogP) is 1.93. The highest BCUT2D eigenvalue weighted by atomic mass is 16.5. The number of rotatable bonds is 2. The van der Waals surface area contributed by atoms with E-state index in [2.05, 4.69) is 4.98 Å². The van der Waals surface area contributed by atoms with Crippen LogP contribution in [0.3, 0.4) is 0 Å². The molecule has 5 nitrogen and oxygen atoms in total. The van der Waals surface area contributed by atoms with Gasteiger partial charge >= 0.3 is 5.97 Å². The van der Waals surface area contributed by atoms with Crippen LogP contribution in [0.25, 0.3) is 5.65 Å². The van der Waals surface area contributed by atoms with Crippen LogP contribution in [-0.4, -0.2) is 33.7 Å². The number of aromatic carboxylic acids is 1. The van der Waals surface area contributed by atoms with Crippen molar-refractivity contribution in [2.24, 2.45) is 0 Å². The molecule has 1 unspecified atom stereocenters. The second kappa shape index (κ2) is 4.42. The van der Waals surface area contributed by atoms with Crippen molar-refractivity contribution >= 4 is 11.6 Å². The molecule has 1 fully saturated rings. The smallest absolute Gasteiger partial charge is 0.339 e. The maximum Gasteiger partial charge on any atom is 0.339 e. The van der Waals surface area contributed by atoms with Crippen molar-refractivity contribution in [1.82, 2.24) is 9.38 Å². The van der Waals surface area contributed by atoms with Gasteiger partial charge < -0.3 is 14.2 Å². The molecule has 0 aromatic carbocycles. The van der Waals surface area contributed by atoms with Crippen molar-refractivity contribution in [2.75, 3.05) is 13.2 Å². The molecule has 0 bridgehead atoms. The summed E-state index contributed by atoms with van der Waals surface area (Å²) in [6.45, 7) is 1.48. The average molecular weight is 246 g/mol. The summed E-state index contributed by atoms with van der Waals surface area (Å²) in [5, 5.41) is 9.12. The Balaban J connectivity index is 2.04. The molecular formula is C13H14N2O3. The van der Waals surface area contributed by atoms with Crippen LogP contribution >= 0.6 is 0 Å². The van der Waals surface area contributed by atoms with Gasteiger partial charge in [-0.05, 0) is 25.0 Å². The molecule has 0 spiro atoms. The number of hydrogen-bond acceptors (Lipinski definition) is 3. The van der Waals surface area contributed by atoms with E-state index in [9.17, 15) is 4.79 Å². The Morgan fingerprint density at radius 1 is 1.56 bits per heavy atom. The first-order valence-corrected chi connectivity index (χ1v) is 6.04. The molecule has 0 saturated carbocycles. The molecular weight excluding hydrogens is 232 g/mol. The van der Waals surface area contributed by atoms with Crippen molar-refractivity contribution in [1.29, 1.82) is 0 Å². The number of carboxylic acid groups (broad SMARTS) is 1. The number of fused-ring (bicyclic) bond motifs is 1. The Kier molecular flexibility index (Phi) is 2.76. The van der Waals surface area contributed by atoms with E-state index >= 15 is 0 Å². The van der Waals surface area contributed by atoms with E-state index in [0.717, 1.165) is 25.1 Å². The summed E-state index contributed by atoms with van der Waals surface area (Å²) in [5.41, 5.74) is 1.66. The zero-order valence-electron chi connectivity index (χ0n) is 9.87. The van der Waals surface area contributed by atoms with Gasteiger partial charge in [0.1, 0.15) is 5.56 Å². The topological polar surface area (TPSA) is 63.8 Å². The molecule has 1 atom stereocenters. The summed E-state index contributed by atoms with van der Waals surface area (Å²) in [7, 11) is 0. The number of ether oxygens (including phenoxy) is 1. The van der Waals surface area contributed by atoms with E-state index < -0.39 is 5.97 Å². The van der Waals surface area contributed by atoms with Crippen LogP contribution in [0.2, 0.25) is 0 Å². The molecule has 3 rings (SSSR count). The lowest BCUT2D eigenvalue weighted by Crippen LogP contribution is -2.15. The number of imidazole rings is 1. The third-order valence-electron chi connectivity index (χ3n) is 3.31. The molecule has 1 saturated heterocycles. The van der Waals surface area contributed by atoms with Gasteiger partial charge in [-0.15, -0.1) is 0 Å². The minimum Gasteiger partial charge on any atom is -0.478 e. The maximum atomic E-state index is 11.1. The first-order valence-electron chi connectivity index (χ1n) is 6.04. The van der Waals surface area contributed by atoms with E-state index in [1.165, 1.54) is 0 Å². The van der Waals surface area contributed by atoms with Gasteiger partial charge in [0.25, 0.3) is 0 Å². The molecule has 5 heteroatoms. The van der Waals surface area contributed by atoms with E-state index in [-0.39, 0.29) is 11.5 Å². The van der Waals surface area contributed by atoms with Crippen LogP contribution < -0.4 is 0 Å². The van der Waals surface area contributed by atoms with Crippen molar-refractivity contribution < 1.29 is 14.6 Å². The van der Waals surface area contributed by atoms with Gasteiger partial charge in [-0.25, -0.2) is 9.78 Å². The molecule has 1 aliphatic heterocycles. The third-order valence-corrected chi connectivity index (χ3v) is 3.31. The third kappa shape index (κ3) is 1.86. The second-order valence-corrected chi connectivity index (χ2v) is 4.54. The van der Waals surface area contributed by atoms with Crippen molar-refractivity contribution in [3.05, 3.63) is 35.8 Å². The maximum absolute atomic E-state index is 11.1. The quantitative estimate of drug-likeness (QED) is 0.879. The fraction of sp³-hybridized carbons (Fsp3) is 0.385. The Bertz CT molecular complexity index is 585. The normalized spacial score (nSPS) is 20.1. The molecule has 2 aromatic heterocycles.